The lowest BCUT2D eigenvalue weighted by atomic mass is 10.3. The Morgan fingerprint density at radius 3 is 0.607 bits per heavy atom. The molecule has 0 nitrogen and oxygen atoms in total. The van der Waals surface area contributed by atoms with Crippen molar-refractivity contribution in [3.63, 3.8) is 0 Å². The second kappa shape index (κ2) is 9.19. The zero-order chi connectivity index (χ0) is 23.3. The summed E-state index contributed by atoms with van der Waals surface area (Å²) in [5.41, 5.74) is 0. The highest BCUT2D eigenvalue weighted by Gasteiger charge is 2.56. The molecular formula is C22H54P4Si2. The summed E-state index contributed by atoms with van der Waals surface area (Å²) in [5, 5.41) is 1.81. The summed E-state index contributed by atoms with van der Waals surface area (Å²) in [6, 6.07) is 0. The third kappa shape index (κ3) is 8.25. The van der Waals surface area contributed by atoms with Crippen molar-refractivity contribution in [3.8, 4) is 0 Å². The van der Waals surface area contributed by atoms with Crippen LogP contribution in [0.5, 0.6) is 0 Å². The van der Waals surface area contributed by atoms with Gasteiger partial charge in [-0.2, -0.15) is 0 Å². The average molecular weight is 499 g/mol. The average Bonchev–Trinajstić information content (AvgIpc) is 2.23. The Morgan fingerprint density at radius 2 is 0.536 bits per heavy atom. The van der Waals surface area contributed by atoms with Crippen LogP contribution in [-0.2, 0) is 0 Å². The molecule has 4 atom stereocenters. The maximum Gasteiger partial charge on any atom is 0.0782 e. The fourth-order valence-corrected chi connectivity index (χ4v) is 96.4. The largest absolute Gasteiger partial charge is 0.0832 e. The van der Waals surface area contributed by atoms with E-state index in [9.17, 15) is 0 Å². The Morgan fingerprint density at radius 1 is 0.357 bits per heavy atom. The van der Waals surface area contributed by atoms with Gasteiger partial charge in [-0.1, -0.05) is 137 Å². The van der Waals surface area contributed by atoms with Crippen LogP contribution in [-0.4, -0.2) is 36.1 Å². The molecule has 0 aromatic carbocycles. The summed E-state index contributed by atoms with van der Waals surface area (Å²) in [6.07, 6.45) is 0. The summed E-state index contributed by atoms with van der Waals surface area (Å²) >= 11 is 0. The summed E-state index contributed by atoms with van der Waals surface area (Å²) in [4.78, 5) is 0. The van der Waals surface area contributed by atoms with Crippen LogP contribution in [0.15, 0.2) is 0 Å². The predicted molar refractivity (Wildman–Crippen MR) is 153 cm³/mol. The SMILES string of the molecule is CC(C)(C)P(P(P(C(C)(C)C)[Si](C)(C)C)C(C)(C)C)P(C(C)(C)C)[Si](C)(C)C. The quantitative estimate of drug-likeness (QED) is 0.261. The van der Waals surface area contributed by atoms with Crippen molar-refractivity contribution < 1.29 is 0 Å². The van der Waals surface area contributed by atoms with Crippen molar-refractivity contribution in [2.45, 2.75) is 143 Å². The Bertz CT molecular complexity index is 430. The van der Waals surface area contributed by atoms with Gasteiger partial charge >= 0.3 is 0 Å². The maximum absolute atomic E-state index is 2.69. The van der Waals surface area contributed by atoms with Gasteiger partial charge in [0.1, 0.15) is 0 Å². The first kappa shape index (κ1) is 30.2. The van der Waals surface area contributed by atoms with E-state index in [2.05, 4.69) is 122 Å². The molecule has 0 heterocycles. The molecule has 0 aliphatic heterocycles. The van der Waals surface area contributed by atoms with Gasteiger partial charge in [0.2, 0.25) is 0 Å². The van der Waals surface area contributed by atoms with Gasteiger partial charge in [0.05, 0.1) is 15.5 Å². The van der Waals surface area contributed by atoms with Crippen molar-refractivity contribution in [1.29, 1.82) is 0 Å². The Balaban J connectivity index is 7.16. The van der Waals surface area contributed by atoms with Gasteiger partial charge in [-0.25, -0.2) is 0 Å². The summed E-state index contributed by atoms with van der Waals surface area (Å²) < 4.78 is 0. The van der Waals surface area contributed by atoms with Gasteiger partial charge < -0.3 is 0 Å². The normalized spacial score (nSPS) is 19.9. The van der Waals surface area contributed by atoms with Crippen molar-refractivity contribution in [1.82, 2.24) is 0 Å². The third-order valence-electron chi connectivity index (χ3n) is 4.30. The molecule has 0 saturated heterocycles. The zero-order valence-electron chi connectivity index (χ0n) is 22.8. The smallest absolute Gasteiger partial charge is 0.0782 e. The van der Waals surface area contributed by atoms with E-state index in [0.29, 0.717) is 20.6 Å². The van der Waals surface area contributed by atoms with Crippen LogP contribution < -0.4 is 0 Å². The number of rotatable bonds is 5. The standard InChI is InChI=1S/C22H54P4Si2/c1-19(2,3)23(25(21(7,8)9)27(13,14)15)24(20(4,5)6)26(22(10,11)12)28(16,17)18/h1-18H3. The lowest BCUT2D eigenvalue weighted by Gasteiger charge is -2.61. The van der Waals surface area contributed by atoms with Crippen molar-refractivity contribution in [2.24, 2.45) is 0 Å². The molecule has 0 bridgehead atoms. The third-order valence-corrected chi connectivity index (χ3v) is 63.8. The highest BCUT2D eigenvalue weighted by atomic mass is 32.7. The molecular weight excluding hydrogens is 444 g/mol. The minimum Gasteiger partial charge on any atom is -0.0832 e. The first-order valence-electron chi connectivity index (χ1n) is 10.9. The van der Waals surface area contributed by atoms with Crippen LogP contribution in [0.2, 0.25) is 39.3 Å². The molecule has 4 unspecified atom stereocenters. The van der Waals surface area contributed by atoms with E-state index in [1.54, 1.807) is 0 Å². The fourth-order valence-electron chi connectivity index (χ4n) is 4.49. The molecule has 28 heavy (non-hydrogen) atoms. The van der Waals surface area contributed by atoms with E-state index in [1.165, 1.54) is 0 Å². The molecule has 0 aromatic rings. The summed E-state index contributed by atoms with van der Waals surface area (Å²) in [6.45, 7) is 47.3. The minimum atomic E-state index is -1.26. The van der Waals surface area contributed by atoms with Crippen LogP contribution >= 0.6 is 28.9 Å². The maximum atomic E-state index is 2.69. The molecule has 170 valence electrons. The van der Waals surface area contributed by atoms with E-state index >= 15 is 0 Å². The minimum absolute atomic E-state index is 0.00579. The topological polar surface area (TPSA) is 0 Å². The van der Waals surface area contributed by atoms with E-state index in [4.69, 9.17) is 0 Å². The van der Waals surface area contributed by atoms with Crippen LogP contribution in [0.4, 0.5) is 0 Å². The van der Waals surface area contributed by atoms with Crippen LogP contribution in [0, 0.1) is 0 Å². The van der Waals surface area contributed by atoms with E-state index in [-0.39, 0.29) is 28.9 Å². The van der Waals surface area contributed by atoms with Crippen molar-refractivity contribution in [3.05, 3.63) is 0 Å². The van der Waals surface area contributed by atoms with Crippen LogP contribution in [0.1, 0.15) is 83.1 Å². The van der Waals surface area contributed by atoms with Crippen LogP contribution in [0.25, 0.3) is 0 Å². The number of hydrogen-bond acceptors (Lipinski definition) is 0. The van der Waals surface area contributed by atoms with E-state index in [1.807, 2.05) is 0 Å². The van der Waals surface area contributed by atoms with Crippen LogP contribution in [0.3, 0.4) is 0 Å². The first-order valence-corrected chi connectivity index (χ1v) is 27.1. The summed E-state index contributed by atoms with van der Waals surface area (Å²) in [7, 11) is -2.45. The first-order chi connectivity index (χ1) is 11.7. The highest BCUT2D eigenvalue weighted by molar-refractivity contribution is 8.84. The zero-order valence-corrected chi connectivity index (χ0v) is 28.4. The molecule has 0 saturated carbocycles. The van der Waals surface area contributed by atoms with E-state index < -0.39 is 15.5 Å². The predicted octanol–water partition coefficient (Wildman–Crippen LogP) is 11.5. The molecule has 0 fully saturated rings. The van der Waals surface area contributed by atoms with Gasteiger partial charge in [-0.15, -0.1) is 0 Å². The molecule has 0 amide bonds. The number of hydrogen-bond donors (Lipinski definition) is 0. The molecule has 0 aliphatic carbocycles. The Kier molecular flexibility index (Phi) is 9.89. The Hall–Kier alpha value is 2.15. The van der Waals surface area contributed by atoms with Crippen molar-refractivity contribution in [2.75, 3.05) is 0 Å². The molecule has 0 radical (unpaired) electrons. The van der Waals surface area contributed by atoms with Gasteiger partial charge in [0, 0.05) is 0 Å². The molecule has 0 aliphatic rings. The van der Waals surface area contributed by atoms with E-state index in [0.717, 1.165) is 0 Å². The Labute approximate surface area is 187 Å². The van der Waals surface area contributed by atoms with Gasteiger partial charge in [-0.05, 0) is 35.2 Å². The summed E-state index contributed by atoms with van der Waals surface area (Å²) in [5.74, 6) is 0. The van der Waals surface area contributed by atoms with Gasteiger partial charge in [0.15, 0.2) is 0 Å². The van der Waals surface area contributed by atoms with Gasteiger partial charge in [-0.3, -0.25) is 0 Å². The second-order valence-corrected chi connectivity index (χ2v) is 52.8. The lowest BCUT2D eigenvalue weighted by Crippen LogP contribution is -2.34. The molecule has 0 N–H and O–H groups in total. The molecule has 6 heteroatoms. The second-order valence-electron chi connectivity index (χ2n) is 14.2. The van der Waals surface area contributed by atoms with Crippen molar-refractivity contribution >= 4 is 44.4 Å². The lowest BCUT2D eigenvalue weighted by molar-refractivity contribution is 0.773. The van der Waals surface area contributed by atoms with Gasteiger partial charge in [0.25, 0.3) is 0 Å². The molecule has 0 aromatic heterocycles. The highest BCUT2D eigenvalue weighted by Crippen LogP contribution is 3.07. The monoisotopic (exact) mass is 498 g/mol. The fraction of sp³-hybridized carbons (Fsp3) is 1.00. The molecule has 0 spiro atoms. The molecule has 0 rings (SSSR count).